The molecule has 0 aromatic heterocycles. The van der Waals surface area contributed by atoms with Gasteiger partial charge >= 0.3 is 0 Å². The van der Waals surface area contributed by atoms with Crippen molar-refractivity contribution in [3.05, 3.63) is 23.8 Å². The first-order valence-corrected chi connectivity index (χ1v) is 7.32. The molecule has 104 valence electrons. The third-order valence-corrected chi connectivity index (χ3v) is 4.13. The normalized spacial score (nSPS) is 20.2. The second-order valence-corrected chi connectivity index (χ2v) is 5.90. The summed E-state index contributed by atoms with van der Waals surface area (Å²) in [5.74, 6) is 1.66. The Morgan fingerprint density at radius 1 is 1.32 bits per heavy atom. The van der Waals surface area contributed by atoms with Gasteiger partial charge < -0.3 is 14.7 Å². The van der Waals surface area contributed by atoms with Crippen LogP contribution in [0.3, 0.4) is 0 Å². The monoisotopic (exact) mass is 261 g/mol. The first-order valence-electron chi connectivity index (χ1n) is 7.32. The van der Waals surface area contributed by atoms with E-state index in [1.54, 1.807) is 7.11 Å². The van der Waals surface area contributed by atoms with Gasteiger partial charge in [0.2, 0.25) is 0 Å². The van der Waals surface area contributed by atoms with Crippen LogP contribution in [0.2, 0.25) is 0 Å². The van der Waals surface area contributed by atoms with Gasteiger partial charge in [0.1, 0.15) is 5.75 Å². The van der Waals surface area contributed by atoms with Crippen LogP contribution < -0.4 is 9.64 Å². The van der Waals surface area contributed by atoms with Crippen molar-refractivity contribution in [2.45, 2.75) is 44.8 Å². The van der Waals surface area contributed by atoms with Crippen LogP contribution in [0, 0.1) is 5.92 Å². The number of hydrogen-bond acceptors (Lipinski definition) is 3. The minimum atomic E-state index is -0.494. The zero-order valence-electron chi connectivity index (χ0n) is 11.8. The van der Waals surface area contributed by atoms with E-state index >= 15 is 0 Å². The van der Waals surface area contributed by atoms with Crippen molar-refractivity contribution in [2.24, 2.45) is 5.92 Å². The number of aliphatic hydroxyl groups excluding tert-OH is 1. The van der Waals surface area contributed by atoms with Gasteiger partial charge in [-0.25, -0.2) is 0 Å². The molecule has 1 aromatic rings. The van der Waals surface area contributed by atoms with E-state index in [0.717, 1.165) is 23.8 Å². The molecule has 3 rings (SSSR count). The molecule has 2 aliphatic carbocycles. The van der Waals surface area contributed by atoms with Crippen LogP contribution in [-0.2, 0) is 0 Å². The lowest BCUT2D eigenvalue weighted by molar-refractivity contribution is 0.194. The highest BCUT2D eigenvalue weighted by molar-refractivity contribution is 5.61. The standard InChI is InChI=1S/C16H23NO2/c1-11(18)16-14(4-3-5-15(16)19-2)17(13-8-9-13)10-12-6-7-12/h3-5,11-13,18H,6-10H2,1-2H3/t11-/m0/s1. The summed E-state index contributed by atoms with van der Waals surface area (Å²) in [6.07, 6.45) is 4.78. The second kappa shape index (κ2) is 5.04. The first-order chi connectivity index (χ1) is 9.20. The SMILES string of the molecule is COc1cccc(N(CC2CC2)C2CC2)c1[C@H](C)O. The molecule has 0 amide bonds. The van der Waals surface area contributed by atoms with Gasteiger partial charge in [0.05, 0.1) is 13.2 Å². The van der Waals surface area contributed by atoms with Crippen LogP contribution in [0.5, 0.6) is 5.75 Å². The Bertz CT molecular complexity index is 450. The van der Waals surface area contributed by atoms with Crippen molar-refractivity contribution >= 4 is 5.69 Å². The molecule has 2 saturated carbocycles. The van der Waals surface area contributed by atoms with E-state index in [1.165, 1.54) is 31.4 Å². The molecule has 0 radical (unpaired) electrons. The van der Waals surface area contributed by atoms with Gasteiger partial charge in [-0.2, -0.15) is 0 Å². The molecule has 1 N–H and O–H groups in total. The number of hydrogen-bond donors (Lipinski definition) is 1. The average Bonchev–Trinajstić information content (AvgIpc) is 3.27. The van der Waals surface area contributed by atoms with Crippen molar-refractivity contribution < 1.29 is 9.84 Å². The molecular formula is C16H23NO2. The second-order valence-electron chi connectivity index (χ2n) is 5.90. The van der Waals surface area contributed by atoms with Gasteiger partial charge in [0.15, 0.2) is 0 Å². The lowest BCUT2D eigenvalue weighted by atomic mass is 10.0. The van der Waals surface area contributed by atoms with Crippen LogP contribution in [0.4, 0.5) is 5.69 Å². The smallest absolute Gasteiger partial charge is 0.126 e. The summed E-state index contributed by atoms with van der Waals surface area (Å²) < 4.78 is 5.43. The Morgan fingerprint density at radius 3 is 2.58 bits per heavy atom. The van der Waals surface area contributed by atoms with Gasteiger partial charge in [-0.1, -0.05) is 6.07 Å². The van der Waals surface area contributed by atoms with Crippen LogP contribution in [0.15, 0.2) is 18.2 Å². The molecule has 3 nitrogen and oxygen atoms in total. The predicted octanol–water partition coefficient (Wildman–Crippen LogP) is 3.13. The zero-order valence-corrected chi connectivity index (χ0v) is 11.8. The summed E-state index contributed by atoms with van der Waals surface area (Å²) in [5, 5.41) is 10.1. The van der Waals surface area contributed by atoms with Gasteiger partial charge in [0, 0.05) is 23.8 Å². The number of ether oxygens (including phenoxy) is 1. The average molecular weight is 261 g/mol. The Morgan fingerprint density at radius 2 is 2.05 bits per heavy atom. The summed E-state index contributed by atoms with van der Waals surface area (Å²) in [4.78, 5) is 2.50. The predicted molar refractivity (Wildman–Crippen MR) is 76.7 cm³/mol. The molecule has 0 saturated heterocycles. The van der Waals surface area contributed by atoms with Crippen molar-refractivity contribution in [3.8, 4) is 5.75 Å². The Hall–Kier alpha value is -1.22. The zero-order chi connectivity index (χ0) is 13.4. The number of aliphatic hydroxyl groups is 1. The summed E-state index contributed by atoms with van der Waals surface area (Å²) in [6.45, 7) is 2.96. The lowest BCUT2D eigenvalue weighted by Gasteiger charge is -2.29. The third kappa shape index (κ3) is 2.71. The van der Waals surface area contributed by atoms with Crippen molar-refractivity contribution in [1.82, 2.24) is 0 Å². The largest absolute Gasteiger partial charge is 0.496 e. The number of anilines is 1. The van der Waals surface area contributed by atoms with E-state index in [1.807, 2.05) is 19.1 Å². The Balaban J connectivity index is 1.95. The Labute approximate surface area is 115 Å². The van der Waals surface area contributed by atoms with Crippen molar-refractivity contribution in [2.75, 3.05) is 18.6 Å². The fourth-order valence-corrected chi connectivity index (χ4v) is 2.79. The van der Waals surface area contributed by atoms with Gasteiger partial charge in [-0.15, -0.1) is 0 Å². The molecule has 0 spiro atoms. The van der Waals surface area contributed by atoms with Gasteiger partial charge in [-0.05, 0) is 50.7 Å². The van der Waals surface area contributed by atoms with Crippen LogP contribution in [0.25, 0.3) is 0 Å². The van der Waals surface area contributed by atoms with Crippen molar-refractivity contribution in [1.29, 1.82) is 0 Å². The molecule has 2 fully saturated rings. The summed E-state index contributed by atoms with van der Waals surface area (Å²) >= 11 is 0. The highest BCUT2D eigenvalue weighted by atomic mass is 16.5. The summed E-state index contributed by atoms with van der Waals surface area (Å²) in [5.41, 5.74) is 2.11. The van der Waals surface area contributed by atoms with E-state index in [0.29, 0.717) is 6.04 Å². The molecule has 3 heteroatoms. The molecule has 1 aromatic carbocycles. The molecule has 0 unspecified atom stereocenters. The fourth-order valence-electron chi connectivity index (χ4n) is 2.79. The summed E-state index contributed by atoms with van der Waals surface area (Å²) in [7, 11) is 1.67. The van der Waals surface area contributed by atoms with E-state index in [2.05, 4.69) is 11.0 Å². The van der Waals surface area contributed by atoms with Gasteiger partial charge in [0.25, 0.3) is 0 Å². The lowest BCUT2D eigenvalue weighted by Crippen LogP contribution is -2.29. The van der Waals surface area contributed by atoms with E-state index in [4.69, 9.17) is 4.74 Å². The topological polar surface area (TPSA) is 32.7 Å². The molecule has 0 bridgehead atoms. The highest BCUT2D eigenvalue weighted by Crippen LogP contribution is 2.42. The molecule has 1 atom stereocenters. The quantitative estimate of drug-likeness (QED) is 0.854. The molecule has 19 heavy (non-hydrogen) atoms. The first kappa shape index (κ1) is 12.8. The third-order valence-electron chi connectivity index (χ3n) is 4.13. The maximum Gasteiger partial charge on any atom is 0.126 e. The maximum absolute atomic E-state index is 10.1. The van der Waals surface area contributed by atoms with E-state index in [-0.39, 0.29) is 0 Å². The van der Waals surface area contributed by atoms with Crippen LogP contribution >= 0.6 is 0 Å². The number of methoxy groups -OCH3 is 1. The van der Waals surface area contributed by atoms with Gasteiger partial charge in [-0.3, -0.25) is 0 Å². The molecular weight excluding hydrogens is 238 g/mol. The van der Waals surface area contributed by atoms with Crippen LogP contribution in [-0.4, -0.2) is 24.8 Å². The van der Waals surface area contributed by atoms with Crippen molar-refractivity contribution in [3.63, 3.8) is 0 Å². The maximum atomic E-state index is 10.1. The molecule has 0 aliphatic heterocycles. The number of benzene rings is 1. The molecule has 2 aliphatic rings. The minimum Gasteiger partial charge on any atom is -0.496 e. The minimum absolute atomic E-state index is 0.494. The Kier molecular flexibility index (Phi) is 3.40. The fraction of sp³-hybridized carbons (Fsp3) is 0.625. The van der Waals surface area contributed by atoms with Crippen LogP contribution in [0.1, 0.15) is 44.3 Å². The van der Waals surface area contributed by atoms with E-state index < -0.39 is 6.10 Å². The number of nitrogens with zero attached hydrogens (tertiary/aromatic N) is 1. The molecule has 0 heterocycles. The van der Waals surface area contributed by atoms with E-state index in [9.17, 15) is 5.11 Å². The highest BCUT2D eigenvalue weighted by Gasteiger charge is 2.35. The number of rotatable bonds is 6. The summed E-state index contributed by atoms with van der Waals surface area (Å²) in [6, 6.07) is 6.77.